The van der Waals surface area contributed by atoms with Gasteiger partial charge in [-0.15, -0.1) is 0 Å². The second-order valence-electron chi connectivity index (χ2n) is 5.84. The van der Waals surface area contributed by atoms with Gasteiger partial charge in [-0.2, -0.15) is 0 Å². The fourth-order valence-electron chi connectivity index (χ4n) is 2.59. The third-order valence-electron chi connectivity index (χ3n) is 4.23. The second kappa shape index (κ2) is 7.39. The number of fused-ring (bicyclic) bond motifs is 1. The predicted molar refractivity (Wildman–Crippen MR) is 96.1 cm³/mol. The summed E-state index contributed by atoms with van der Waals surface area (Å²) in [5, 5.41) is 0. The molecule has 126 valence electrons. The van der Waals surface area contributed by atoms with Gasteiger partial charge in [-0.25, -0.2) is 0 Å². The highest BCUT2D eigenvalue weighted by Gasteiger charge is 2.17. The molecule has 3 rings (SSSR count). The molecule has 0 radical (unpaired) electrons. The highest BCUT2D eigenvalue weighted by atomic mass is 16.7. The summed E-state index contributed by atoms with van der Waals surface area (Å²) in [6, 6.07) is 12.1. The molecule has 1 atom stereocenters. The molecule has 4 nitrogen and oxygen atoms in total. The topological polar surface area (TPSA) is 40.0 Å². The Balaban J connectivity index is 1.83. The Morgan fingerprint density at radius 1 is 1.12 bits per heavy atom. The van der Waals surface area contributed by atoms with Gasteiger partial charge in [0.1, 0.15) is 5.75 Å². The molecule has 0 saturated heterocycles. The van der Waals surface area contributed by atoms with Crippen molar-refractivity contribution >= 4 is 11.9 Å². The molecule has 0 aromatic heterocycles. The second-order valence-corrected chi connectivity index (χ2v) is 5.84. The molecule has 24 heavy (non-hydrogen) atoms. The fraction of sp³-hybridized carbons (Fsp3) is 0.350. The van der Waals surface area contributed by atoms with Crippen molar-refractivity contribution in [3.05, 3.63) is 47.5 Å². The van der Waals surface area contributed by atoms with E-state index in [9.17, 15) is 0 Å². The molecule has 0 N–H and O–H groups in total. The van der Waals surface area contributed by atoms with E-state index in [0.717, 1.165) is 29.2 Å². The summed E-state index contributed by atoms with van der Waals surface area (Å²) < 4.78 is 16.5. The summed E-state index contributed by atoms with van der Waals surface area (Å²) in [6.07, 6.45) is 2.95. The number of hydrogen-bond acceptors (Lipinski definition) is 4. The zero-order chi connectivity index (χ0) is 16.9. The molecule has 0 fully saturated rings. The number of rotatable bonds is 6. The Morgan fingerprint density at radius 2 is 1.83 bits per heavy atom. The van der Waals surface area contributed by atoms with Gasteiger partial charge >= 0.3 is 0 Å². The van der Waals surface area contributed by atoms with Crippen LogP contribution in [0.15, 0.2) is 41.4 Å². The lowest BCUT2D eigenvalue weighted by atomic mass is 9.99. The van der Waals surface area contributed by atoms with Crippen LogP contribution in [0.5, 0.6) is 17.2 Å². The summed E-state index contributed by atoms with van der Waals surface area (Å²) in [6.45, 7) is 7.23. The largest absolute Gasteiger partial charge is 0.493 e. The van der Waals surface area contributed by atoms with Crippen molar-refractivity contribution in [1.29, 1.82) is 0 Å². The summed E-state index contributed by atoms with van der Waals surface area (Å²) in [5.41, 5.74) is 3.14. The van der Waals surface area contributed by atoms with E-state index in [-0.39, 0.29) is 6.79 Å². The maximum atomic E-state index is 5.69. The Kier molecular flexibility index (Phi) is 5.04. The molecular weight excluding hydrogens is 302 g/mol. The van der Waals surface area contributed by atoms with Crippen LogP contribution in [0.25, 0.3) is 0 Å². The van der Waals surface area contributed by atoms with E-state index in [1.807, 2.05) is 37.4 Å². The lowest BCUT2D eigenvalue weighted by Gasteiger charge is -2.09. The van der Waals surface area contributed by atoms with Crippen LogP contribution >= 0.6 is 0 Å². The van der Waals surface area contributed by atoms with E-state index in [4.69, 9.17) is 14.2 Å². The normalized spacial score (nSPS) is 14.1. The molecule has 0 spiro atoms. The minimum Gasteiger partial charge on any atom is -0.493 e. The van der Waals surface area contributed by atoms with Crippen molar-refractivity contribution in [1.82, 2.24) is 0 Å². The lowest BCUT2D eigenvalue weighted by Crippen LogP contribution is -1.96. The molecule has 0 amide bonds. The van der Waals surface area contributed by atoms with Gasteiger partial charge in [0.2, 0.25) is 6.79 Å². The number of benzene rings is 2. The monoisotopic (exact) mass is 325 g/mol. The van der Waals surface area contributed by atoms with Crippen LogP contribution in [0.3, 0.4) is 0 Å². The first kappa shape index (κ1) is 16.4. The van der Waals surface area contributed by atoms with Crippen molar-refractivity contribution in [2.75, 3.05) is 13.4 Å². The van der Waals surface area contributed by atoms with Gasteiger partial charge in [-0.1, -0.05) is 26.0 Å². The summed E-state index contributed by atoms with van der Waals surface area (Å²) in [7, 11) is 0. The highest BCUT2D eigenvalue weighted by Crippen LogP contribution is 2.37. The van der Waals surface area contributed by atoms with E-state index in [2.05, 4.69) is 31.0 Å². The van der Waals surface area contributed by atoms with Gasteiger partial charge in [-0.05, 0) is 43.0 Å². The lowest BCUT2D eigenvalue weighted by molar-refractivity contribution is 0.174. The Bertz CT molecular complexity index is 722. The predicted octanol–water partition coefficient (Wildman–Crippen LogP) is 5.08. The van der Waals surface area contributed by atoms with Crippen LogP contribution in [-0.2, 0) is 0 Å². The Hall–Kier alpha value is -2.49. The van der Waals surface area contributed by atoms with Gasteiger partial charge in [0, 0.05) is 17.8 Å². The molecule has 1 aliphatic heterocycles. The number of aliphatic imine (C=N–C) groups is 1. The average molecular weight is 325 g/mol. The highest BCUT2D eigenvalue weighted by molar-refractivity contribution is 5.87. The van der Waals surface area contributed by atoms with Crippen molar-refractivity contribution in [2.45, 2.75) is 33.1 Å². The van der Waals surface area contributed by atoms with E-state index in [1.165, 1.54) is 5.56 Å². The first-order valence-electron chi connectivity index (χ1n) is 8.41. The standard InChI is InChI=1S/C20H23NO3/c1-4-14(3)15-6-8-17(9-7-15)21-12-16-10-19-20(24-13-23-19)11-18(16)22-5-2/h6-12,14H,4-5,13H2,1-3H3/t14-/m0/s1. The first-order valence-corrected chi connectivity index (χ1v) is 8.41. The van der Waals surface area contributed by atoms with Crippen LogP contribution in [0.2, 0.25) is 0 Å². The molecule has 4 heteroatoms. The molecular formula is C20H23NO3. The molecule has 0 saturated carbocycles. The van der Waals surface area contributed by atoms with Crippen LogP contribution in [-0.4, -0.2) is 19.6 Å². The average Bonchev–Trinajstić information content (AvgIpc) is 3.07. The number of nitrogens with zero attached hydrogens (tertiary/aromatic N) is 1. The molecule has 0 aliphatic carbocycles. The van der Waals surface area contributed by atoms with E-state index < -0.39 is 0 Å². The van der Waals surface area contributed by atoms with Crippen molar-refractivity contribution < 1.29 is 14.2 Å². The van der Waals surface area contributed by atoms with Crippen LogP contribution in [0, 0.1) is 0 Å². The SMILES string of the molecule is CCOc1cc2c(cc1C=Nc1ccc([C@@H](C)CC)cc1)OCO2. The molecule has 0 bridgehead atoms. The zero-order valence-corrected chi connectivity index (χ0v) is 14.4. The molecule has 1 aliphatic rings. The Labute approximate surface area is 143 Å². The number of hydrogen-bond donors (Lipinski definition) is 0. The maximum absolute atomic E-state index is 5.69. The van der Waals surface area contributed by atoms with Crippen LogP contribution in [0.4, 0.5) is 5.69 Å². The minimum atomic E-state index is 0.249. The Morgan fingerprint density at radius 3 is 2.50 bits per heavy atom. The zero-order valence-electron chi connectivity index (χ0n) is 14.4. The van der Waals surface area contributed by atoms with E-state index in [0.29, 0.717) is 18.3 Å². The van der Waals surface area contributed by atoms with Crippen LogP contribution in [0.1, 0.15) is 44.2 Å². The fourth-order valence-corrected chi connectivity index (χ4v) is 2.59. The third-order valence-corrected chi connectivity index (χ3v) is 4.23. The quantitative estimate of drug-likeness (QED) is 0.695. The van der Waals surface area contributed by atoms with Crippen molar-refractivity contribution in [3.63, 3.8) is 0 Å². The molecule has 2 aromatic carbocycles. The summed E-state index contributed by atoms with van der Waals surface area (Å²) in [4.78, 5) is 4.57. The van der Waals surface area contributed by atoms with E-state index >= 15 is 0 Å². The third kappa shape index (κ3) is 3.53. The molecule has 1 heterocycles. The minimum absolute atomic E-state index is 0.249. The van der Waals surface area contributed by atoms with Crippen LogP contribution < -0.4 is 14.2 Å². The van der Waals surface area contributed by atoms with E-state index in [1.54, 1.807) is 0 Å². The van der Waals surface area contributed by atoms with Gasteiger partial charge in [0.15, 0.2) is 11.5 Å². The van der Waals surface area contributed by atoms with Gasteiger partial charge in [-0.3, -0.25) is 4.99 Å². The first-order chi connectivity index (χ1) is 11.7. The molecule has 0 unspecified atom stereocenters. The smallest absolute Gasteiger partial charge is 0.231 e. The summed E-state index contributed by atoms with van der Waals surface area (Å²) >= 11 is 0. The van der Waals surface area contributed by atoms with Gasteiger partial charge < -0.3 is 14.2 Å². The van der Waals surface area contributed by atoms with Gasteiger partial charge in [0.25, 0.3) is 0 Å². The summed E-state index contributed by atoms with van der Waals surface area (Å²) in [5.74, 6) is 2.77. The number of ether oxygens (including phenoxy) is 3. The maximum Gasteiger partial charge on any atom is 0.231 e. The van der Waals surface area contributed by atoms with Crippen molar-refractivity contribution in [3.8, 4) is 17.2 Å². The van der Waals surface area contributed by atoms with Crippen molar-refractivity contribution in [2.24, 2.45) is 4.99 Å². The molecule has 2 aromatic rings. The van der Waals surface area contributed by atoms with Gasteiger partial charge in [0.05, 0.1) is 12.3 Å².